The average molecular weight is 601 g/mol. The quantitative estimate of drug-likeness (QED) is 0.175. The molecule has 208 valence electrons. The van der Waals surface area contributed by atoms with Gasteiger partial charge in [-0.2, -0.15) is 10.5 Å². The van der Waals surface area contributed by atoms with Crippen molar-refractivity contribution >= 4 is 45.2 Å². The van der Waals surface area contributed by atoms with Crippen LogP contribution in [0.2, 0.25) is 5.02 Å². The highest BCUT2D eigenvalue weighted by molar-refractivity contribution is 6.42. The molecule has 1 aliphatic carbocycles. The van der Waals surface area contributed by atoms with E-state index in [9.17, 15) is 10.5 Å². The molecule has 5 aromatic rings. The molecule has 43 heavy (non-hydrogen) atoms. The molecule has 0 N–H and O–H groups in total. The summed E-state index contributed by atoms with van der Waals surface area (Å²) < 4.78 is 5.38. The molecule has 0 fully saturated rings. The molecule has 1 aliphatic rings. The Bertz CT molecular complexity index is 1950. The molecule has 2 aromatic heterocycles. The third kappa shape index (κ3) is 5.31. The normalized spacial score (nSPS) is 12.1. The Hall–Kier alpha value is -5.14. The maximum atomic E-state index is 9.85. The van der Waals surface area contributed by atoms with Crippen LogP contribution in [0.15, 0.2) is 108 Å². The SMILES string of the molecule is COc1ccc2cc(-c3ccc4c(c3)C(N(Cc3ccccn3)Cc3ccccn3)=C(Cl)C4=C(C#N)C#N)ccc2c1Cl. The number of pyridine rings is 2. The van der Waals surface area contributed by atoms with E-state index in [1.165, 1.54) is 0 Å². The molecule has 0 amide bonds. The lowest BCUT2D eigenvalue weighted by Gasteiger charge is -2.27. The minimum atomic E-state index is -0.0427. The molecular formula is C35H23Cl2N5O. The summed E-state index contributed by atoms with van der Waals surface area (Å²) in [5, 5.41) is 22.5. The van der Waals surface area contributed by atoms with Gasteiger partial charge < -0.3 is 9.64 Å². The number of hydrogen-bond acceptors (Lipinski definition) is 6. The summed E-state index contributed by atoms with van der Waals surface area (Å²) in [7, 11) is 1.60. The van der Waals surface area contributed by atoms with Crippen LogP contribution in [0.5, 0.6) is 5.75 Å². The highest BCUT2D eigenvalue weighted by atomic mass is 35.5. The number of allylic oxidation sites excluding steroid dienone is 3. The van der Waals surface area contributed by atoms with Crippen molar-refractivity contribution in [3.8, 4) is 29.0 Å². The average Bonchev–Trinajstić information content (AvgIpc) is 3.33. The van der Waals surface area contributed by atoms with E-state index >= 15 is 0 Å². The van der Waals surface area contributed by atoms with Gasteiger partial charge in [0.1, 0.15) is 23.5 Å². The van der Waals surface area contributed by atoms with Crippen LogP contribution in [0.1, 0.15) is 22.5 Å². The van der Waals surface area contributed by atoms with Crippen molar-refractivity contribution in [1.82, 2.24) is 14.9 Å². The van der Waals surface area contributed by atoms with Crippen molar-refractivity contribution in [3.05, 3.63) is 135 Å². The van der Waals surface area contributed by atoms with Gasteiger partial charge in [0.25, 0.3) is 0 Å². The highest BCUT2D eigenvalue weighted by Gasteiger charge is 2.32. The fraction of sp³-hybridized carbons (Fsp3) is 0.0857. The molecule has 8 heteroatoms. The number of methoxy groups -OCH3 is 1. The van der Waals surface area contributed by atoms with Crippen LogP contribution in [-0.2, 0) is 13.1 Å². The summed E-state index contributed by atoms with van der Waals surface area (Å²) in [6.07, 6.45) is 3.50. The lowest BCUT2D eigenvalue weighted by molar-refractivity contribution is 0.374. The van der Waals surface area contributed by atoms with Crippen LogP contribution in [-0.4, -0.2) is 22.0 Å². The summed E-state index contributed by atoms with van der Waals surface area (Å²) in [4.78, 5) is 11.2. The molecule has 0 aliphatic heterocycles. The van der Waals surface area contributed by atoms with E-state index in [0.717, 1.165) is 44.4 Å². The Kier molecular flexibility index (Phi) is 7.81. The van der Waals surface area contributed by atoms with Crippen molar-refractivity contribution in [1.29, 1.82) is 10.5 Å². The van der Waals surface area contributed by atoms with Gasteiger partial charge in [0.15, 0.2) is 0 Å². The second kappa shape index (κ2) is 12.0. The summed E-state index contributed by atoms with van der Waals surface area (Å²) in [5.74, 6) is 0.620. The number of hydrogen-bond donors (Lipinski definition) is 0. The van der Waals surface area contributed by atoms with Gasteiger partial charge in [-0.25, -0.2) is 0 Å². The second-order valence-corrected chi connectivity index (χ2v) is 10.7. The van der Waals surface area contributed by atoms with E-state index in [1.807, 2.05) is 84.9 Å². The van der Waals surface area contributed by atoms with Crippen LogP contribution in [0.3, 0.4) is 0 Å². The summed E-state index contributed by atoms with van der Waals surface area (Å²) in [6.45, 7) is 0.870. The van der Waals surface area contributed by atoms with E-state index in [0.29, 0.717) is 40.2 Å². The summed E-state index contributed by atoms with van der Waals surface area (Å²) >= 11 is 13.7. The number of aromatic nitrogens is 2. The Morgan fingerprint density at radius 2 is 1.44 bits per heavy atom. The predicted octanol–water partition coefficient (Wildman–Crippen LogP) is 8.38. The van der Waals surface area contributed by atoms with E-state index in [-0.39, 0.29) is 5.57 Å². The van der Waals surface area contributed by atoms with E-state index in [1.54, 1.807) is 19.5 Å². The lowest BCUT2D eigenvalue weighted by Crippen LogP contribution is -2.22. The van der Waals surface area contributed by atoms with Crippen LogP contribution >= 0.6 is 23.2 Å². The maximum Gasteiger partial charge on any atom is 0.139 e. The molecule has 0 radical (unpaired) electrons. The second-order valence-electron chi connectivity index (χ2n) is 9.91. The first-order valence-corrected chi connectivity index (χ1v) is 14.2. The van der Waals surface area contributed by atoms with Gasteiger partial charge in [-0.1, -0.05) is 65.7 Å². The molecule has 6 nitrogen and oxygen atoms in total. The fourth-order valence-corrected chi connectivity index (χ4v) is 6.11. The van der Waals surface area contributed by atoms with Gasteiger partial charge in [0.05, 0.1) is 47.3 Å². The predicted molar refractivity (Wildman–Crippen MR) is 170 cm³/mol. The Balaban J connectivity index is 1.52. The van der Waals surface area contributed by atoms with Crippen molar-refractivity contribution in [2.45, 2.75) is 13.1 Å². The maximum absolute atomic E-state index is 9.85. The van der Waals surface area contributed by atoms with Gasteiger partial charge in [0.2, 0.25) is 0 Å². The molecule has 3 aromatic carbocycles. The number of fused-ring (bicyclic) bond motifs is 2. The van der Waals surface area contributed by atoms with E-state index in [2.05, 4.69) is 27.0 Å². The standard InChI is InChI=1S/C35H23Cl2N5O/c1-43-31-13-10-24-16-22(8-11-28(24)33(31)36)23-9-12-29-30(17-23)35(34(37)32(29)25(18-38)19-39)42(20-26-6-2-4-14-40-26)21-27-7-3-5-15-41-27/h2-17H,20-21H2,1H3. The smallest absolute Gasteiger partial charge is 0.139 e. The van der Waals surface area contributed by atoms with Gasteiger partial charge >= 0.3 is 0 Å². The highest BCUT2D eigenvalue weighted by Crippen LogP contribution is 2.48. The van der Waals surface area contributed by atoms with Gasteiger partial charge in [-0.3, -0.25) is 9.97 Å². The summed E-state index contributed by atoms with van der Waals surface area (Å²) in [6, 6.07) is 31.5. The number of ether oxygens (including phenoxy) is 1. The van der Waals surface area contributed by atoms with Gasteiger partial charge in [-0.15, -0.1) is 0 Å². The zero-order valence-corrected chi connectivity index (χ0v) is 24.6. The fourth-order valence-electron chi connectivity index (χ4n) is 5.38. The molecule has 2 heterocycles. The monoisotopic (exact) mass is 599 g/mol. The number of nitriles is 2. The first kappa shape index (κ1) is 28.0. The molecule has 0 unspecified atom stereocenters. The molecule has 0 spiro atoms. The molecule has 0 bridgehead atoms. The zero-order valence-electron chi connectivity index (χ0n) is 23.1. The number of rotatable bonds is 7. The van der Waals surface area contributed by atoms with Crippen LogP contribution in [0.4, 0.5) is 0 Å². The van der Waals surface area contributed by atoms with Crippen LogP contribution in [0.25, 0.3) is 33.2 Å². The lowest BCUT2D eigenvalue weighted by atomic mass is 9.95. The van der Waals surface area contributed by atoms with E-state index < -0.39 is 0 Å². The summed E-state index contributed by atoms with van der Waals surface area (Å²) in [5.41, 5.74) is 6.24. The first-order chi connectivity index (χ1) is 21.0. The number of nitrogens with zero attached hydrogens (tertiary/aromatic N) is 5. The Morgan fingerprint density at radius 3 is 2.05 bits per heavy atom. The Morgan fingerprint density at radius 1 is 0.791 bits per heavy atom. The molecule has 6 rings (SSSR count). The van der Waals surface area contributed by atoms with Gasteiger partial charge in [0, 0.05) is 28.9 Å². The van der Waals surface area contributed by atoms with Crippen molar-refractivity contribution in [2.75, 3.05) is 7.11 Å². The third-order valence-corrected chi connectivity index (χ3v) is 8.15. The zero-order chi connectivity index (χ0) is 29.9. The third-order valence-electron chi connectivity index (χ3n) is 7.39. The minimum Gasteiger partial charge on any atom is -0.495 e. The molecule has 0 atom stereocenters. The largest absolute Gasteiger partial charge is 0.495 e. The van der Waals surface area contributed by atoms with Crippen LogP contribution < -0.4 is 4.74 Å². The van der Waals surface area contributed by atoms with Gasteiger partial charge in [-0.05, 0) is 64.5 Å². The molecular weight excluding hydrogens is 577 g/mol. The van der Waals surface area contributed by atoms with Crippen molar-refractivity contribution < 1.29 is 4.74 Å². The Labute approximate surface area is 259 Å². The first-order valence-electron chi connectivity index (χ1n) is 13.4. The topological polar surface area (TPSA) is 85.8 Å². The van der Waals surface area contributed by atoms with Crippen molar-refractivity contribution in [3.63, 3.8) is 0 Å². The molecule has 0 saturated carbocycles. The van der Waals surface area contributed by atoms with E-state index in [4.69, 9.17) is 27.9 Å². The number of benzene rings is 3. The van der Waals surface area contributed by atoms with Crippen molar-refractivity contribution in [2.24, 2.45) is 0 Å². The number of halogens is 2. The minimum absolute atomic E-state index is 0.0427. The molecule has 0 saturated heterocycles. The van der Waals surface area contributed by atoms with Crippen LogP contribution in [0, 0.1) is 22.7 Å².